The maximum atomic E-state index is 10.3. The monoisotopic (exact) mass is 260 g/mol. The van der Waals surface area contributed by atoms with Crippen molar-refractivity contribution in [3.8, 4) is 5.75 Å². The van der Waals surface area contributed by atoms with Crippen LogP contribution in [0.4, 0.5) is 0 Å². The summed E-state index contributed by atoms with van der Waals surface area (Å²) in [6.45, 7) is -0.444. The standard InChI is InChI=1S/C9H11N2O7/c12-8-3-1-7(2-4-8)5-9(18-11(15)16)6-17-10(13)14/h1-4,9H,5-6H2,(H2-,12,13,14,15,16)/q+1/p+1. The number of aromatic hydroxyl groups is 1. The van der Waals surface area contributed by atoms with Crippen LogP contribution < -0.4 is 0 Å². The lowest BCUT2D eigenvalue weighted by molar-refractivity contribution is -0.995. The Balaban J connectivity index is 2.61. The second-order valence-corrected chi connectivity index (χ2v) is 3.37. The lowest BCUT2D eigenvalue weighted by Gasteiger charge is -2.06. The highest BCUT2D eigenvalue weighted by Crippen LogP contribution is 2.12. The summed E-state index contributed by atoms with van der Waals surface area (Å²) in [5, 5.41) is 24.2. The van der Waals surface area contributed by atoms with Crippen molar-refractivity contribution < 1.29 is 35.4 Å². The predicted molar refractivity (Wildman–Crippen MR) is 53.5 cm³/mol. The third-order valence-electron chi connectivity index (χ3n) is 2.01. The van der Waals surface area contributed by atoms with E-state index in [1.807, 2.05) is 0 Å². The van der Waals surface area contributed by atoms with Crippen LogP contribution in [0.1, 0.15) is 5.56 Å². The quantitative estimate of drug-likeness (QED) is 0.610. The van der Waals surface area contributed by atoms with Gasteiger partial charge in [0.05, 0.1) is 0 Å². The molecule has 9 heteroatoms. The topological polar surface area (TPSA) is 119 Å². The molecule has 0 aliphatic heterocycles. The third kappa shape index (κ3) is 4.96. The van der Waals surface area contributed by atoms with Crippen molar-refractivity contribution in [2.24, 2.45) is 0 Å². The van der Waals surface area contributed by atoms with Crippen LogP contribution in [0.2, 0.25) is 0 Å². The molecule has 9 nitrogen and oxygen atoms in total. The Morgan fingerprint density at radius 2 is 1.72 bits per heavy atom. The number of benzene rings is 1. The number of phenols is 1. The average molecular weight is 260 g/mol. The number of rotatable bonds is 7. The maximum absolute atomic E-state index is 10.3. The van der Waals surface area contributed by atoms with Gasteiger partial charge in [-0.3, -0.25) is 0 Å². The Bertz CT molecular complexity index is 419. The molecule has 18 heavy (non-hydrogen) atoms. The minimum atomic E-state index is -0.986. The molecule has 1 rings (SSSR count). The fraction of sp³-hybridized carbons (Fsp3) is 0.333. The van der Waals surface area contributed by atoms with Crippen molar-refractivity contribution in [1.29, 1.82) is 0 Å². The summed E-state index contributed by atoms with van der Waals surface area (Å²) in [4.78, 5) is 29.1. The van der Waals surface area contributed by atoms with Crippen LogP contribution in [-0.2, 0) is 16.1 Å². The molecular weight excluding hydrogens is 248 g/mol. The Hall–Kier alpha value is -2.58. The molecule has 0 aromatic heterocycles. The van der Waals surface area contributed by atoms with E-state index in [9.17, 15) is 9.81 Å². The van der Waals surface area contributed by atoms with Gasteiger partial charge in [0.2, 0.25) is 12.7 Å². The van der Waals surface area contributed by atoms with Gasteiger partial charge in [-0.05, 0) is 17.7 Å². The summed E-state index contributed by atoms with van der Waals surface area (Å²) in [6, 6.07) is 5.97. The van der Waals surface area contributed by atoms with Crippen LogP contribution in [-0.4, -0.2) is 38.4 Å². The summed E-state index contributed by atoms with van der Waals surface area (Å²) in [6.07, 6.45) is -0.867. The van der Waals surface area contributed by atoms with Crippen molar-refractivity contribution in [3.63, 3.8) is 0 Å². The van der Waals surface area contributed by atoms with Gasteiger partial charge in [-0.1, -0.05) is 12.1 Å². The van der Waals surface area contributed by atoms with Gasteiger partial charge in [0.15, 0.2) is 0 Å². The zero-order chi connectivity index (χ0) is 13.5. The summed E-state index contributed by atoms with van der Waals surface area (Å²) in [7, 11) is 0. The molecule has 1 aromatic carbocycles. The summed E-state index contributed by atoms with van der Waals surface area (Å²) in [5.41, 5.74) is 0.665. The Morgan fingerprint density at radius 1 is 1.11 bits per heavy atom. The first kappa shape index (κ1) is 13.5. The zero-order valence-electron chi connectivity index (χ0n) is 9.17. The molecule has 0 aliphatic carbocycles. The van der Waals surface area contributed by atoms with Crippen LogP contribution >= 0.6 is 0 Å². The van der Waals surface area contributed by atoms with E-state index in [1.165, 1.54) is 12.1 Å². The number of hydrogen-bond acceptors (Lipinski definition) is 5. The van der Waals surface area contributed by atoms with Gasteiger partial charge in [0.25, 0.3) is 0 Å². The first-order valence-electron chi connectivity index (χ1n) is 4.87. The molecule has 0 aliphatic rings. The fourth-order valence-corrected chi connectivity index (χ4v) is 1.30. The molecule has 3 N–H and O–H groups in total. The van der Waals surface area contributed by atoms with Crippen molar-refractivity contribution >= 4 is 0 Å². The van der Waals surface area contributed by atoms with E-state index in [2.05, 4.69) is 9.68 Å². The SMILES string of the molecule is O=[N+](O)OCC(Cc1ccc(O)cc1)O[N+](=O)O. The molecule has 0 fully saturated rings. The highest BCUT2D eigenvalue weighted by atomic mass is 17.0. The van der Waals surface area contributed by atoms with Gasteiger partial charge in [0, 0.05) is 6.42 Å². The first-order valence-corrected chi connectivity index (χ1v) is 4.87. The molecule has 1 unspecified atom stereocenters. The van der Waals surface area contributed by atoms with Gasteiger partial charge < -0.3 is 5.11 Å². The molecule has 1 atom stereocenters. The van der Waals surface area contributed by atoms with Gasteiger partial charge >= 0.3 is 10.2 Å². The highest BCUT2D eigenvalue weighted by molar-refractivity contribution is 5.26. The van der Waals surface area contributed by atoms with E-state index in [4.69, 9.17) is 15.5 Å². The first-order chi connectivity index (χ1) is 8.47. The van der Waals surface area contributed by atoms with Crippen LogP contribution in [0.15, 0.2) is 24.3 Å². The normalized spacial score (nSPS) is 11.6. The maximum Gasteiger partial charge on any atom is 0.475 e. The second kappa shape index (κ2) is 6.23. The number of hydrogen-bond donors (Lipinski definition) is 3. The Kier molecular flexibility index (Phi) is 4.67. The van der Waals surface area contributed by atoms with Crippen LogP contribution in [0, 0.1) is 9.81 Å². The lowest BCUT2D eigenvalue weighted by atomic mass is 10.1. The van der Waals surface area contributed by atoms with E-state index < -0.39 is 22.9 Å². The fourth-order valence-electron chi connectivity index (χ4n) is 1.30. The van der Waals surface area contributed by atoms with Crippen LogP contribution in [0.3, 0.4) is 0 Å². The minimum absolute atomic E-state index is 0.0705. The molecule has 0 radical (unpaired) electrons. The predicted octanol–water partition coefficient (Wildman–Crippen LogP) is 0.503. The molecular formula is C9H12N2O7+2. The Labute approximate surface area is 101 Å². The molecule has 0 amide bonds. The van der Waals surface area contributed by atoms with Crippen LogP contribution in [0.5, 0.6) is 5.75 Å². The van der Waals surface area contributed by atoms with Gasteiger partial charge in [-0.25, -0.2) is 10.4 Å². The van der Waals surface area contributed by atoms with E-state index in [0.717, 1.165) is 0 Å². The van der Waals surface area contributed by atoms with Crippen molar-refractivity contribution in [2.45, 2.75) is 12.5 Å². The molecule has 0 heterocycles. The largest absolute Gasteiger partial charge is 0.508 e. The van der Waals surface area contributed by atoms with Crippen molar-refractivity contribution in [2.75, 3.05) is 6.61 Å². The Morgan fingerprint density at radius 3 is 2.22 bits per heavy atom. The second-order valence-electron chi connectivity index (χ2n) is 3.37. The van der Waals surface area contributed by atoms with E-state index in [0.29, 0.717) is 5.56 Å². The van der Waals surface area contributed by atoms with Gasteiger partial charge in [0.1, 0.15) is 15.6 Å². The molecule has 0 spiro atoms. The molecule has 0 bridgehead atoms. The van der Waals surface area contributed by atoms with Gasteiger partial charge in [-0.2, -0.15) is 9.68 Å². The number of phenolic OH excluding ortho intramolecular Hbond substituents is 1. The lowest BCUT2D eigenvalue weighted by Crippen LogP contribution is -2.27. The number of nitrogens with zero attached hydrogens (tertiary/aromatic N) is 2. The molecule has 98 valence electrons. The summed E-state index contributed by atoms with van der Waals surface area (Å²) >= 11 is 0. The van der Waals surface area contributed by atoms with Crippen LogP contribution in [0.25, 0.3) is 0 Å². The van der Waals surface area contributed by atoms with E-state index in [1.54, 1.807) is 12.1 Å². The highest BCUT2D eigenvalue weighted by Gasteiger charge is 2.25. The van der Waals surface area contributed by atoms with E-state index in [-0.39, 0.29) is 12.2 Å². The molecule has 1 aromatic rings. The molecule has 0 saturated carbocycles. The minimum Gasteiger partial charge on any atom is -0.508 e. The average Bonchev–Trinajstić information content (AvgIpc) is 2.28. The summed E-state index contributed by atoms with van der Waals surface area (Å²) < 4.78 is 0. The van der Waals surface area contributed by atoms with Gasteiger partial charge in [-0.15, -0.1) is 0 Å². The summed E-state index contributed by atoms with van der Waals surface area (Å²) in [5.74, 6) is 0.0705. The van der Waals surface area contributed by atoms with Crippen molar-refractivity contribution in [1.82, 2.24) is 0 Å². The third-order valence-corrected chi connectivity index (χ3v) is 2.01. The smallest absolute Gasteiger partial charge is 0.475 e. The van der Waals surface area contributed by atoms with E-state index >= 15 is 0 Å². The molecule has 0 saturated heterocycles. The van der Waals surface area contributed by atoms with Crippen molar-refractivity contribution in [3.05, 3.63) is 39.6 Å². The zero-order valence-corrected chi connectivity index (χ0v) is 9.17.